The Labute approximate surface area is 97.9 Å². The van der Waals surface area contributed by atoms with Crippen LogP contribution in [0.3, 0.4) is 0 Å². The van der Waals surface area contributed by atoms with Crippen molar-refractivity contribution < 1.29 is 19.3 Å². The molecule has 0 aliphatic carbocycles. The van der Waals surface area contributed by atoms with E-state index in [1.165, 1.54) is 12.8 Å². The zero-order valence-corrected chi connectivity index (χ0v) is 10.2. The maximum Gasteiger partial charge on any atom is 0.160 e. The van der Waals surface area contributed by atoms with E-state index in [4.69, 9.17) is 19.3 Å². The zero-order valence-electron chi connectivity index (χ0n) is 10.2. The standard InChI is InChI=1S/C12H24O4/c1-2-3-4-7-14-8-6-12-15-9-5-11(10-13)16-12/h11-13H,2-10H2,1H3/t11-,12+/m1/s1. The fourth-order valence-electron chi connectivity index (χ4n) is 1.67. The molecule has 1 fully saturated rings. The van der Waals surface area contributed by atoms with Crippen molar-refractivity contribution >= 4 is 0 Å². The minimum Gasteiger partial charge on any atom is -0.394 e. The smallest absolute Gasteiger partial charge is 0.160 e. The maximum atomic E-state index is 8.97. The monoisotopic (exact) mass is 232 g/mol. The minimum atomic E-state index is -0.197. The molecule has 1 saturated heterocycles. The first-order chi connectivity index (χ1) is 7.86. The second-order valence-electron chi connectivity index (χ2n) is 4.14. The lowest BCUT2D eigenvalue weighted by molar-refractivity contribution is -0.225. The number of aliphatic hydroxyl groups is 1. The lowest BCUT2D eigenvalue weighted by Crippen LogP contribution is -2.35. The Hall–Kier alpha value is -0.160. The average molecular weight is 232 g/mol. The van der Waals surface area contributed by atoms with Crippen LogP contribution in [-0.2, 0) is 14.2 Å². The predicted octanol–water partition coefficient (Wildman–Crippen LogP) is 1.71. The Kier molecular flexibility index (Phi) is 7.76. The molecule has 16 heavy (non-hydrogen) atoms. The van der Waals surface area contributed by atoms with E-state index in [1.807, 2.05) is 0 Å². The van der Waals surface area contributed by atoms with Crippen LogP contribution in [0.4, 0.5) is 0 Å². The van der Waals surface area contributed by atoms with E-state index in [-0.39, 0.29) is 19.0 Å². The predicted molar refractivity (Wildman–Crippen MR) is 61.3 cm³/mol. The molecule has 2 atom stereocenters. The third kappa shape index (κ3) is 5.80. The Bertz CT molecular complexity index is 163. The highest BCUT2D eigenvalue weighted by atomic mass is 16.7. The quantitative estimate of drug-likeness (QED) is 0.647. The summed E-state index contributed by atoms with van der Waals surface area (Å²) in [6.45, 7) is 4.43. The summed E-state index contributed by atoms with van der Waals surface area (Å²) in [5.41, 5.74) is 0. The van der Waals surface area contributed by atoms with E-state index < -0.39 is 0 Å². The number of unbranched alkanes of at least 4 members (excludes halogenated alkanes) is 2. The molecule has 1 rings (SSSR count). The third-order valence-corrected chi connectivity index (χ3v) is 2.68. The van der Waals surface area contributed by atoms with Crippen molar-refractivity contribution in [2.24, 2.45) is 0 Å². The van der Waals surface area contributed by atoms with Crippen LogP contribution in [0, 0.1) is 0 Å². The van der Waals surface area contributed by atoms with Crippen molar-refractivity contribution in [3.63, 3.8) is 0 Å². The summed E-state index contributed by atoms with van der Waals surface area (Å²) in [7, 11) is 0. The first kappa shape index (κ1) is 13.9. The van der Waals surface area contributed by atoms with Gasteiger partial charge in [0.1, 0.15) is 0 Å². The summed E-state index contributed by atoms with van der Waals surface area (Å²) in [4.78, 5) is 0. The van der Waals surface area contributed by atoms with E-state index in [1.54, 1.807) is 0 Å². The Morgan fingerprint density at radius 2 is 2.19 bits per heavy atom. The number of hydrogen-bond acceptors (Lipinski definition) is 4. The van der Waals surface area contributed by atoms with Crippen LogP contribution in [0.2, 0.25) is 0 Å². The molecule has 0 spiro atoms. The van der Waals surface area contributed by atoms with Crippen LogP contribution in [0.1, 0.15) is 39.0 Å². The zero-order chi connectivity index (χ0) is 11.6. The normalized spacial score (nSPS) is 25.9. The van der Waals surface area contributed by atoms with Crippen LogP contribution < -0.4 is 0 Å². The number of hydrogen-bond donors (Lipinski definition) is 1. The van der Waals surface area contributed by atoms with Gasteiger partial charge in [-0.2, -0.15) is 0 Å². The molecule has 0 saturated carbocycles. The highest BCUT2D eigenvalue weighted by molar-refractivity contribution is 4.62. The van der Waals surface area contributed by atoms with E-state index >= 15 is 0 Å². The van der Waals surface area contributed by atoms with E-state index in [0.717, 1.165) is 25.9 Å². The van der Waals surface area contributed by atoms with Crippen molar-refractivity contribution in [3.8, 4) is 0 Å². The van der Waals surface area contributed by atoms with Crippen LogP contribution in [0.5, 0.6) is 0 Å². The van der Waals surface area contributed by atoms with Gasteiger partial charge in [-0.05, 0) is 12.8 Å². The topological polar surface area (TPSA) is 47.9 Å². The van der Waals surface area contributed by atoms with Gasteiger partial charge in [0.15, 0.2) is 6.29 Å². The van der Waals surface area contributed by atoms with Crippen LogP contribution >= 0.6 is 0 Å². The van der Waals surface area contributed by atoms with Gasteiger partial charge in [-0.1, -0.05) is 19.8 Å². The van der Waals surface area contributed by atoms with E-state index in [2.05, 4.69) is 6.92 Å². The molecule has 0 aromatic carbocycles. The van der Waals surface area contributed by atoms with Crippen LogP contribution in [0.15, 0.2) is 0 Å². The summed E-state index contributed by atoms with van der Waals surface area (Å²) in [5, 5.41) is 8.97. The third-order valence-electron chi connectivity index (χ3n) is 2.68. The summed E-state index contributed by atoms with van der Waals surface area (Å²) >= 11 is 0. The van der Waals surface area contributed by atoms with E-state index in [9.17, 15) is 0 Å². The number of ether oxygens (including phenoxy) is 3. The van der Waals surface area contributed by atoms with Gasteiger partial charge >= 0.3 is 0 Å². The molecule has 0 aromatic rings. The van der Waals surface area contributed by atoms with Gasteiger partial charge in [-0.3, -0.25) is 0 Å². The fraction of sp³-hybridized carbons (Fsp3) is 1.00. The first-order valence-corrected chi connectivity index (χ1v) is 6.32. The summed E-state index contributed by atoms with van der Waals surface area (Å²) < 4.78 is 16.4. The molecule has 1 N–H and O–H groups in total. The number of rotatable bonds is 8. The molecule has 1 aliphatic heterocycles. The molecule has 4 nitrogen and oxygen atoms in total. The van der Waals surface area contributed by atoms with Crippen LogP contribution in [0.25, 0.3) is 0 Å². The van der Waals surface area contributed by atoms with Gasteiger partial charge in [0.2, 0.25) is 0 Å². The van der Waals surface area contributed by atoms with Gasteiger partial charge in [0.25, 0.3) is 0 Å². The van der Waals surface area contributed by atoms with Gasteiger partial charge in [-0.15, -0.1) is 0 Å². The van der Waals surface area contributed by atoms with Gasteiger partial charge in [0, 0.05) is 13.0 Å². The molecule has 1 aliphatic rings. The molecule has 0 radical (unpaired) electrons. The van der Waals surface area contributed by atoms with Crippen molar-refractivity contribution in [1.82, 2.24) is 0 Å². The molecular weight excluding hydrogens is 208 g/mol. The first-order valence-electron chi connectivity index (χ1n) is 6.32. The molecule has 96 valence electrons. The lowest BCUT2D eigenvalue weighted by Gasteiger charge is -2.29. The van der Waals surface area contributed by atoms with Crippen LogP contribution in [-0.4, -0.2) is 43.9 Å². The average Bonchev–Trinajstić information content (AvgIpc) is 2.34. The largest absolute Gasteiger partial charge is 0.394 e. The SMILES string of the molecule is CCCCCOCC[C@H]1OCC[C@H](CO)O1. The Morgan fingerprint density at radius 3 is 2.94 bits per heavy atom. The molecule has 4 heteroatoms. The number of aliphatic hydroxyl groups excluding tert-OH is 1. The molecular formula is C12H24O4. The molecule has 1 heterocycles. The maximum absolute atomic E-state index is 8.97. The summed E-state index contributed by atoms with van der Waals surface area (Å²) in [6, 6.07) is 0. The van der Waals surface area contributed by atoms with Crippen molar-refractivity contribution in [3.05, 3.63) is 0 Å². The fourth-order valence-corrected chi connectivity index (χ4v) is 1.67. The highest BCUT2D eigenvalue weighted by Crippen LogP contribution is 2.14. The highest BCUT2D eigenvalue weighted by Gasteiger charge is 2.21. The molecule has 0 unspecified atom stereocenters. The molecule has 0 aromatic heterocycles. The van der Waals surface area contributed by atoms with Crippen molar-refractivity contribution in [2.45, 2.75) is 51.4 Å². The second-order valence-corrected chi connectivity index (χ2v) is 4.14. The lowest BCUT2D eigenvalue weighted by atomic mass is 10.2. The Balaban J connectivity index is 1.95. The minimum absolute atomic E-state index is 0.0566. The summed E-state index contributed by atoms with van der Waals surface area (Å²) in [6.07, 6.45) is 4.85. The van der Waals surface area contributed by atoms with Gasteiger partial charge in [-0.25, -0.2) is 0 Å². The van der Waals surface area contributed by atoms with E-state index in [0.29, 0.717) is 13.2 Å². The van der Waals surface area contributed by atoms with Crippen molar-refractivity contribution in [1.29, 1.82) is 0 Å². The van der Waals surface area contributed by atoms with Gasteiger partial charge < -0.3 is 19.3 Å². The van der Waals surface area contributed by atoms with Crippen molar-refractivity contribution in [2.75, 3.05) is 26.4 Å². The van der Waals surface area contributed by atoms with Gasteiger partial charge in [0.05, 0.1) is 25.9 Å². The second kappa shape index (κ2) is 8.93. The summed E-state index contributed by atoms with van der Waals surface area (Å²) in [5.74, 6) is 0. The Morgan fingerprint density at radius 1 is 1.31 bits per heavy atom. The molecule has 0 amide bonds. The molecule has 0 bridgehead atoms.